The summed E-state index contributed by atoms with van der Waals surface area (Å²) in [7, 11) is 0. The Hall–Kier alpha value is -4.78. The summed E-state index contributed by atoms with van der Waals surface area (Å²) in [6.07, 6.45) is 3.46. The van der Waals surface area contributed by atoms with Gasteiger partial charge in [-0.2, -0.15) is 0 Å². The number of carbonyl (C=O) groups excluding carboxylic acids is 1. The fourth-order valence-electron chi connectivity index (χ4n) is 6.33. The van der Waals surface area contributed by atoms with Crippen LogP contribution in [-0.4, -0.2) is 70.7 Å². The van der Waals surface area contributed by atoms with Gasteiger partial charge in [0.15, 0.2) is 0 Å². The number of anilines is 2. The predicted molar refractivity (Wildman–Crippen MR) is 193 cm³/mol. The third-order valence-electron chi connectivity index (χ3n) is 8.90. The van der Waals surface area contributed by atoms with Crippen LogP contribution in [0.2, 0.25) is 0 Å². The lowest BCUT2D eigenvalue weighted by atomic mass is 10.0. The molecule has 2 aromatic carbocycles. The SMILES string of the molecule is CCNc1nc(CC)c(CNC(=O)c2cccc(CC(C)NCC(O)c3ccc(O)c4[nH]c(=O)ccc34)c2)c(NC2CCOCC2)c1C=N. The van der Waals surface area contributed by atoms with Crippen LogP contribution in [0.5, 0.6) is 5.75 Å². The number of ether oxygens (including phenoxy) is 1. The molecule has 4 aromatic rings. The summed E-state index contributed by atoms with van der Waals surface area (Å²) >= 11 is 0. The first-order valence-electron chi connectivity index (χ1n) is 17.0. The summed E-state index contributed by atoms with van der Waals surface area (Å²) < 4.78 is 5.56. The van der Waals surface area contributed by atoms with Crippen molar-refractivity contribution in [3.05, 3.63) is 92.4 Å². The van der Waals surface area contributed by atoms with Crippen molar-refractivity contribution >= 4 is 34.5 Å². The van der Waals surface area contributed by atoms with E-state index in [0.717, 1.165) is 35.3 Å². The van der Waals surface area contributed by atoms with Crippen LogP contribution in [0.1, 0.15) is 78.0 Å². The maximum absolute atomic E-state index is 13.5. The molecule has 3 heterocycles. The van der Waals surface area contributed by atoms with E-state index >= 15 is 0 Å². The molecule has 0 aliphatic carbocycles. The number of aromatic amines is 1. The van der Waals surface area contributed by atoms with Gasteiger partial charge in [0.1, 0.15) is 11.6 Å². The average Bonchev–Trinajstić information content (AvgIpc) is 3.11. The topological polar surface area (TPSA) is 184 Å². The van der Waals surface area contributed by atoms with Gasteiger partial charge in [-0.25, -0.2) is 4.98 Å². The predicted octanol–water partition coefficient (Wildman–Crippen LogP) is 4.40. The monoisotopic (exact) mass is 669 g/mol. The number of rotatable bonds is 15. The van der Waals surface area contributed by atoms with Gasteiger partial charge >= 0.3 is 0 Å². The Morgan fingerprint density at radius 1 is 1.16 bits per heavy atom. The molecule has 1 aliphatic rings. The van der Waals surface area contributed by atoms with Crippen molar-refractivity contribution in [1.82, 2.24) is 20.6 Å². The van der Waals surface area contributed by atoms with Crippen LogP contribution in [0.25, 0.3) is 10.9 Å². The Bertz CT molecular complexity index is 1840. The molecule has 2 aromatic heterocycles. The lowest BCUT2D eigenvalue weighted by Gasteiger charge is -2.28. The van der Waals surface area contributed by atoms with E-state index in [1.165, 1.54) is 18.3 Å². The third kappa shape index (κ3) is 8.63. The minimum absolute atomic E-state index is 0.0251. The summed E-state index contributed by atoms with van der Waals surface area (Å²) in [4.78, 5) is 32.7. The van der Waals surface area contributed by atoms with E-state index in [0.29, 0.717) is 66.0 Å². The highest BCUT2D eigenvalue weighted by Gasteiger charge is 2.23. The van der Waals surface area contributed by atoms with Gasteiger partial charge in [0, 0.05) is 79.4 Å². The molecule has 1 saturated heterocycles. The zero-order valence-corrected chi connectivity index (χ0v) is 28.4. The number of fused-ring (bicyclic) bond motifs is 1. The molecule has 260 valence electrons. The molecule has 49 heavy (non-hydrogen) atoms. The van der Waals surface area contributed by atoms with Crippen molar-refractivity contribution < 1.29 is 19.7 Å². The highest BCUT2D eigenvalue weighted by atomic mass is 16.5. The highest BCUT2D eigenvalue weighted by molar-refractivity contribution is 5.96. The Balaban J connectivity index is 1.25. The number of amides is 1. The molecule has 0 spiro atoms. The van der Waals surface area contributed by atoms with Crippen LogP contribution in [0.15, 0.2) is 53.3 Å². The van der Waals surface area contributed by atoms with Crippen molar-refractivity contribution in [1.29, 1.82) is 5.41 Å². The van der Waals surface area contributed by atoms with Gasteiger partial charge in [-0.3, -0.25) is 9.59 Å². The van der Waals surface area contributed by atoms with Gasteiger partial charge < -0.3 is 46.6 Å². The van der Waals surface area contributed by atoms with Crippen LogP contribution >= 0.6 is 0 Å². The number of H-pyrrole nitrogens is 1. The summed E-state index contributed by atoms with van der Waals surface area (Å²) in [5.41, 5.74) is 5.31. The van der Waals surface area contributed by atoms with E-state index in [-0.39, 0.29) is 42.4 Å². The van der Waals surface area contributed by atoms with Crippen molar-refractivity contribution in [3.8, 4) is 5.75 Å². The molecule has 5 rings (SSSR count). The Kier molecular flexibility index (Phi) is 12.0. The number of benzene rings is 2. The summed E-state index contributed by atoms with van der Waals surface area (Å²) in [6.45, 7) is 8.59. The van der Waals surface area contributed by atoms with E-state index in [1.54, 1.807) is 18.2 Å². The van der Waals surface area contributed by atoms with E-state index in [1.807, 2.05) is 39.0 Å². The largest absolute Gasteiger partial charge is 0.506 e. The van der Waals surface area contributed by atoms with Crippen molar-refractivity contribution in [2.24, 2.45) is 0 Å². The molecule has 0 bridgehead atoms. The molecule has 0 radical (unpaired) electrons. The molecule has 1 fully saturated rings. The second kappa shape index (κ2) is 16.6. The summed E-state index contributed by atoms with van der Waals surface area (Å²) in [5, 5.41) is 43.4. The molecule has 2 atom stereocenters. The van der Waals surface area contributed by atoms with Gasteiger partial charge in [-0.1, -0.05) is 25.1 Å². The number of aliphatic hydroxyl groups excluding tert-OH is 1. The molecular formula is C37H47N7O5. The van der Waals surface area contributed by atoms with Gasteiger partial charge in [-0.15, -0.1) is 0 Å². The minimum atomic E-state index is -0.873. The number of nitrogens with zero attached hydrogens (tertiary/aromatic N) is 1. The van der Waals surface area contributed by atoms with Gasteiger partial charge in [0.05, 0.1) is 22.9 Å². The lowest BCUT2D eigenvalue weighted by molar-refractivity contribution is 0.0904. The number of aliphatic hydroxyl groups is 1. The van der Waals surface area contributed by atoms with Crippen LogP contribution in [-0.2, 0) is 24.1 Å². The number of carbonyl (C=O) groups is 1. The standard InChI is InChI=1S/C37H47N7O5/c1-4-30-29(34(42-25-13-15-49-16-14-25)28(19-38)36(43-30)39-5-2)20-41-37(48)24-8-6-7-23(18-24)17-22(3)40-21-32(46)26-9-11-31(45)35-27(26)10-12-33(47)44-35/h6-12,18-19,22,25,32,38,40,45-46H,4-5,13-17,20-21H2,1-3H3,(H,41,48)(H,44,47)(H2,39,42,43). The van der Waals surface area contributed by atoms with Gasteiger partial charge in [-0.05, 0) is 74.9 Å². The maximum atomic E-state index is 13.5. The molecule has 1 amide bonds. The van der Waals surface area contributed by atoms with Crippen LogP contribution in [0.4, 0.5) is 11.5 Å². The van der Waals surface area contributed by atoms with Crippen LogP contribution < -0.4 is 26.8 Å². The fraction of sp³-hybridized carbons (Fsp3) is 0.405. The second-order valence-corrected chi connectivity index (χ2v) is 12.4. The van der Waals surface area contributed by atoms with E-state index in [9.17, 15) is 19.8 Å². The number of aryl methyl sites for hydroxylation is 1. The first-order chi connectivity index (χ1) is 23.7. The zero-order valence-electron chi connectivity index (χ0n) is 28.4. The number of phenolic OH excluding ortho intramolecular Hbond substituents is 1. The van der Waals surface area contributed by atoms with Crippen molar-refractivity contribution in [2.75, 3.05) is 36.9 Å². The van der Waals surface area contributed by atoms with Gasteiger partial charge in [0.2, 0.25) is 5.56 Å². The van der Waals surface area contributed by atoms with Crippen molar-refractivity contribution in [3.63, 3.8) is 0 Å². The number of pyridine rings is 2. The quantitative estimate of drug-likeness (QED) is 0.0851. The van der Waals surface area contributed by atoms with E-state index in [2.05, 4.69) is 26.3 Å². The Morgan fingerprint density at radius 2 is 1.96 bits per heavy atom. The van der Waals surface area contributed by atoms with Gasteiger partial charge in [0.25, 0.3) is 5.91 Å². The molecule has 12 heteroatoms. The Morgan fingerprint density at radius 3 is 2.69 bits per heavy atom. The van der Waals surface area contributed by atoms with Crippen LogP contribution in [0.3, 0.4) is 0 Å². The molecule has 2 unspecified atom stereocenters. The average molecular weight is 670 g/mol. The molecular weight excluding hydrogens is 622 g/mol. The number of hydrogen-bond acceptors (Lipinski definition) is 10. The number of hydrogen-bond donors (Lipinski definition) is 8. The van der Waals surface area contributed by atoms with E-state index < -0.39 is 6.10 Å². The summed E-state index contributed by atoms with van der Waals surface area (Å²) in [6, 6.07) is 13.8. The smallest absolute Gasteiger partial charge is 0.251 e. The molecule has 1 aliphatic heterocycles. The first kappa shape index (κ1) is 35.5. The fourth-order valence-corrected chi connectivity index (χ4v) is 6.33. The normalized spacial score (nSPS) is 14.7. The molecule has 8 N–H and O–H groups in total. The number of aromatic hydroxyl groups is 1. The molecule has 0 saturated carbocycles. The highest BCUT2D eigenvalue weighted by Crippen LogP contribution is 2.31. The maximum Gasteiger partial charge on any atom is 0.251 e. The number of aromatic nitrogens is 2. The number of nitrogens with one attached hydrogen (secondary N) is 6. The zero-order chi connectivity index (χ0) is 34.9. The Labute approximate surface area is 286 Å². The second-order valence-electron chi connectivity index (χ2n) is 12.4. The van der Waals surface area contributed by atoms with Crippen molar-refractivity contribution in [2.45, 2.75) is 71.2 Å². The lowest BCUT2D eigenvalue weighted by Crippen LogP contribution is -2.32. The molecule has 12 nitrogen and oxygen atoms in total. The first-order valence-corrected chi connectivity index (χ1v) is 17.0. The third-order valence-corrected chi connectivity index (χ3v) is 8.90. The van der Waals surface area contributed by atoms with E-state index in [4.69, 9.17) is 15.1 Å². The summed E-state index contributed by atoms with van der Waals surface area (Å²) in [5.74, 6) is 0.401. The van der Waals surface area contributed by atoms with Crippen LogP contribution in [0, 0.1) is 5.41 Å². The minimum Gasteiger partial charge on any atom is -0.506 e. The number of phenols is 1.